The maximum atomic E-state index is 15.7. The molecular formula is C52H60N2O6. The van der Waals surface area contributed by atoms with E-state index in [0.717, 1.165) is 73.6 Å². The van der Waals surface area contributed by atoms with Gasteiger partial charge in [0.1, 0.15) is 23.0 Å². The van der Waals surface area contributed by atoms with Crippen LogP contribution in [0.15, 0.2) is 97.1 Å². The molecule has 2 N–H and O–H groups in total. The zero-order chi connectivity index (χ0) is 42.2. The van der Waals surface area contributed by atoms with Crippen molar-refractivity contribution in [1.82, 2.24) is 10.6 Å². The molecule has 5 aromatic carbocycles. The van der Waals surface area contributed by atoms with E-state index in [1.54, 1.807) is 28.4 Å². The van der Waals surface area contributed by atoms with Crippen LogP contribution in [-0.4, -0.2) is 52.3 Å². The Morgan fingerprint density at radius 3 is 0.867 bits per heavy atom. The highest BCUT2D eigenvalue weighted by Gasteiger charge is 2.35. The molecule has 8 heteroatoms. The molecule has 0 radical (unpaired) electrons. The monoisotopic (exact) mass is 808 g/mol. The Morgan fingerprint density at radius 2 is 0.650 bits per heavy atom. The van der Waals surface area contributed by atoms with Gasteiger partial charge in [-0.2, -0.15) is 0 Å². The molecule has 2 aliphatic rings. The molecule has 2 aliphatic carbocycles. The van der Waals surface area contributed by atoms with Crippen molar-refractivity contribution in [2.75, 3.05) is 28.4 Å². The van der Waals surface area contributed by atoms with E-state index >= 15 is 9.59 Å². The molecule has 0 heterocycles. The largest absolute Gasteiger partial charge is 0.497 e. The minimum Gasteiger partial charge on any atom is -0.497 e. The Kier molecular flexibility index (Phi) is 13.8. The van der Waals surface area contributed by atoms with Crippen molar-refractivity contribution in [3.63, 3.8) is 0 Å². The van der Waals surface area contributed by atoms with Gasteiger partial charge in [-0.05, 0) is 122 Å². The summed E-state index contributed by atoms with van der Waals surface area (Å²) in [5.74, 6) is 3.08. The number of methoxy groups -OCH3 is 4. The fourth-order valence-electron chi connectivity index (χ4n) is 9.45. The number of ether oxygens (including phenoxy) is 4. The SMILES string of the molecule is COc1ccc(-c2c(C(=O)N[C@H](C)C3CCCCC3)c(-c3ccc(OC)cc3)c(-c3ccc(OC)cc3)c(C(=O)N[C@H](C)C3CCCCC3)c2-c2ccc(OC)cc2)cc1. The number of hydrogen-bond acceptors (Lipinski definition) is 6. The van der Waals surface area contributed by atoms with Crippen LogP contribution in [0.25, 0.3) is 44.5 Å². The average Bonchev–Trinajstić information content (AvgIpc) is 3.31. The van der Waals surface area contributed by atoms with Crippen LogP contribution in [0.4, 0.5) is 0 Å². The summed E-state index contributed by atoms with van der Waals surface area (Å²) in [5.41, 5.74) is 6.74. The Hall–Kier alpha value is -5.76. The topological polar surface area (TPSA) is 95.1 Å². The van der Waals surface area contributed by atoms with E-state index in [1.165, 1.54) is 12.8 Å². The van der Waals surface area contributed by atoms with Crippen LogP contribution in [0.1, 0.15) is 98.8 Å². The number of rotatable bonds is 14. The fraction of sp³-hybridized carbons (Fsp3) is 0.385. The Bertz CT molecular complexity index is 1940. The van der Waals surface area contributed by atoms with Gasteiger partial charge in [0.05, 0.1) is 39.6 Å². The number of nitrogens with one attached hydrogen (secondary N) is 2. The van der Waals surface area contributed by atoms with Gasteiger partial charge in [-0.25, -0.2) is 0 Å². The molecule has 0 aliphatic heterocycles. The third-order valence-corrected chi connectivity index (χ3v) is 12.9. The predicted molar refractivity (Wildman–Crippen MR) is 241 cm³/mol. The first-order chi connectivity index (χ1) is 29.2. The van der Waals surface area contributed by atoms with Crippen molar-refractivity contribution in [2.45, 2.75) is 90.1 Å². The molecular weight excluding hydrogens is 749 g/mol. The van der Waals surface area contributed by atoms with Gasteiger partial charge in [0.2, 0.25) is 0 Å². The zero-order valence-corrected chi connectivity index (χ0v) is 36.1. The van der Waals surface area contributed by atoms with Crippen LogP contribution in [0.2, 0.25) is 0 Å². The van der Waals surface area contributed by atoms with Crippen molar-refractivity contribution in [3.8, 4) is 67.5 Å². The maximum absolute atomic E-state index is 15.7. The summed E-state index contributed by atoms with van der Waals surface area (Å²) in [7, 11) is 6.57. The molecule has 2 fully saturated rings. The molecule has 5 aromatic rings. The van der Waals surface area contributed by atoms with Gasteiger partial charge in [0.25, 0.3) is 11.8 Å². The van der Waals surface area contributed by atoms with Crippen LogP contribution in [0, 0.1) is 11.8 Å². The highest BCUT2D eigenvalue weighted by molar-refractivity contribution is 6.21. The molecule has 8 nitrogen and oxygen atoms in total. The van der Waals surface area contributed by atoms with Gasteiger partial charge in [0.15, 0.2) is 0 Å². The second-order valence-electron chi connectivity index (χ2n) is 16.5. The van der Waals surface area contributed by atoms with E-state index in [4.69, 9.17) is 18.9 Å². The van der Waals surface area contributed by atoms with E-state index in [-0.39, 0.29) is 23.9 Å². The van der Waals surface area contributed by atoms with Gasteiger partial charge in [0, 0.05) is 34.3 Å². The molecule has 0 unspecified atom stereocenters. The lowest BCUT2D eigenvalue weighted by Gasteiger charge is -2.32. The first kappa shape index (κ1) is 42.4. The molecule has 2 atom stereocenters. The Balaban J connectivity index is 1.63. The summed E-state index contributed by atoms with van der Waals surface area (Å²) in [6.07, 6.45) is 11.4. The smallest absolute Gasteiger partial charge is 0.252 e. The minimum absolute atomic E-state index is 0.0709. The highest BCUT2D eigenvalue weighted by atomic mass is 16.5. The highest BCUT2D eigenvalue weighted by Crippen LogP contribution is 2.50. The number of amides is 2. The Labute approximate surface area is 356 Å². The van der Waals surface area contributed by atoms with E-state index in [1.807, 2.05) is 97.1 Å². The van der Waals surface area contributed by atoms with Crippen molar-refractivity contribution >= 4 is 11.8 Å². The third kappa shape index (κ3) is 9.18. The zero-order valence-electron chi connectivity index (χ0n) is 36.1. The summed E-state index contributed by atoms with van der Waals surface area (Å²) >= 11 is 0. The number of hydrogen-bond donors (Lipinski definition) is 2. The van der Waals surface area contributed by atoms with Gasteiger partial charge >= 0.3 is 0 Å². The van der Waals surface area contributed by atoms with Gasteiger partial charge in [-0.15, -0.1) is 0 Å². The first-order valence-electron chi connectivity index (χ1n) is 21.7. The summed E-state index contributed by atoms with van der Waals surface area (Å²) in [5, 5.41) is 7.04. The minimum atomic E-state index is -0.197. The Morgan fingerprint density at radius 1 is 0.417 bits per heavy atom. The molecule has 0 aromatic heterocycles. The van der Waals surface area contributed by atoms with E-state index in [0.29, 0.717) is 68.2 Å². The lowest BCUT2D eigenvalue weighted by Crippen LogP contribution is -2.40. The molecule has 60 heavy (non-hydrogen) atoms. The summed E-state index contributed by atoms with van der Waals surface area (Å²) in [6, 6.07) is 31.0. The first-order valence-corrected chi connectivity index (χ1v) is 21.7. The molecule has 0 spiro atoms. The second-order valence-corrected chi connectivity index (χ2v) is 16.5. The lowest BCUT2D eigenvalue weighted by atomic mass is 9.76. The summed E-state index contributed by atoms with van der Waals surface area (Å²) in [6.45, 7) is 4.27. The molecule has 7 rings (SSSR count). The van der Waals surface area contributed by atoms with E-state index in [2.05, 4.69) is 24.5 Å². The summed E-state index contributed by atoms with van der Waals surface area (Å²) < 4.78 is 22.6. The van der Waals surface area contributed by atoms with Crippen LogP contribution in [-0.2, 0) is 0 Å². The molecule has 0 saturated heterocycles. The third-order valence-electron chi connectivity index (χ3n) is 12.9. The van der Waals surface area contributed by atoms with Crippen LogP contribution in [0.5, 0.6) is 23.0 Å². The van der Waals surface area contributed by atoms with Crippen molar-refractivity contribution in [2.24, 2.45) is 11.8 Å². The standard InChI is InChI=1S/C52H60N2O6/c1-33(35-13-9-7-10-14-35)53-51(55)49-45(37-17-25-41(57-3)26-18-37)47(39-21-29-43(59-5)30-22-39)50(52(56)54-34(2)36-15-11-8-12-16-36)48(40-23-31-44(60-6)32-24-40)46(49)38-19-27-42(58-4)28-20-38/h17-36H,7-16H2,1-6H3,(H,53,55)(H,54,56)/t33-,34-/m1/s1. The molecule has 2 saturated carbocycles. The molecule has 314 valence electrons. The predicted octanol–water partition coefficient (Wildman–Crippen LogP) is 11.8. The number of carbonyl (C=O) groups is 2. The second kappa shape index (κ2) is 19.5. The van der Waals surface area contributed by atoms with E-state index in [9.17, 15) is 0 Å². The average molecular weight is 809 g/mol. The lowest BCUT2D eigenvalue weighted by molar-refractivity contribution is 0.0909. The number of benzene rings is 5. The van der Waals surface area contributed by atoms with Crippen molar-refractivity contribution < 1.29 is 28.5 Å². The fourth-order valence-corrected chi connectivity index (χ4v) is 9.45. The van der Waals surface area contributed by atoms with Gasteiger partial charge in [-0.1, -0.05) is 87.1 Å². The van der Waals surface area contributed by atoms with Crippen molar-refractivity contribution in [3.05, 3.63) is 108 Å². The quantitative estimate of drug-likeness (QED) is 0.116. The van der Waals surface area contributed by atoms with Crippen LogP contribution >= 0.6 is 0 Å². The molecule has 0 bridgehead atoms. The normalized spacial score (nSPS) is 15.7. The number of carbonyl (C=O) groups excluding carboxylic acids is 2. The summed E-state index contributed by atoms with van der Waals surface area (Å²) in [4.78, 5) is 31.3. The maximum Gasteiger partial charge on any atom is 0.252 e. The van der Waals surface area contributed by atoms with Gasteiger partial charge in [-0.3, -0.25) is 9.59 Å². The van der Waals surface area contributed by atoms with Gasteiger partial charge < -0.3 is 29.6 Å². The van der Waals surface area contributed by atoms with E-state index < -0.39 is 0 Å². The molecule has 2 amide bonds. The van der Waals surface area contributed by atoms with Crippen molar-refractivity contribution in [1.29, 1.82) is 0 Å². The van der Waals surface area contributed by atoms with Crippen LogP contribution in [0.3, 0.4) is 0 Å². The van der Waals surface area contributed by atoms with Crippen LogP contribution < -0.4 is 29.6 Å².